The third kappa shape index (κ3) is 12.9. The van der Waals surface area contributed by atoms with Crippen LogP contribution in [0.1, 0.15) is 107 Å². The minimum atomic E-state index is -1.09. The van der Waals surface area contributed by atoms with Gasteiger partial charge in [0.2, 0.25) is 35.4 Å². The molecule has 1 aliphatic carbocycles. The Hall–Kier alpha value is -5.80. The Kier molecular flexibility index (Phi) is 16.3. The Morgan fingerprint density at radius 1 is 0.770 bits per heavy atom. The van der Waals surface area contributed by atoms with Crippen molar-refractivity contribution < 1.29 is 28.8 Å². The molecule has 61 heavy (non-hydrogen) atoms. The Morgan fingerprint density at radius 3 is 2.25 bits per heavy atom. The molecule has 16 heteroatoms. The Labute approximate surface area is 357 Å². The van der Waals surface area contributed by atoms with Crippen LogP contribution in [0.2, 0.25) is 0 Å². The lowest BCUT2D eigenvalue weighted by molar-refractivity contribution is -0.142. The van der Waals surface area contributed by atoms with E-state index in [-0.39, 0.29) is 68.4 Å². The van der Waals surface area contributed by atoms with E-state index in [4.69, 9.17) is 11.5 Å². The highest BCUT2D eigenvalue weighted by molar-refractivity contribution is 5.97. The first-order valence-corrected chi connectivity index (χ1v) is 22.1. The lowest BCUT2D eigenvalue weighted by Crippen LogP contribution is -2.59. The van der Waals surface area contributed by atoms with E-state index < -0.39 is 53.8 Å². The quantitative estimate of drug-likeness (QED) is 0.0949. The summed E-state index contributed by atoms with van der Waals surface area (Å²) >= 11 is 0. The smallest absolute Gasteiger partial charge is 0.245 e. The molecule has 0 bridgehead atoms. The summed E-state index contributed by atoms with van der Waals surface area (Å²) in [5, 5.41) is 14.8. The number of amides is 6. The van der Waals surface area contributed by atoms with E-state index in [0.29, 0.717) is 45.1 Å². The molecule has 0 aromatic heterocycles. The van der Waals surface area contributed by atoms with E-state index in [2.05, 4.69) is 36.6 Å². The highest BCUT2D eigenvalue weighted by Crippen LogP contribution is 2.35. The zero-order valence-corrected chi connectivity index (χ0v) is 35.0. The molecule has 2 saturated heterocycles. The average molecular weight is 839 g/mol. The van der Waals surface area contributed by atoms with E-state index in [1.807, 2.05) is 54.6 Å². The maximum absolute atomic E-state index is 14.5. The zero-order valence-electron chi connectivity index (χ0n) is 35.0. The van der Waals surface area contributed by atoms with Gasteiger partial charge < -0.3 is 43.0 Å². The number of hydrogen-bond donors (Lipinski definition) is 7. The number of guanidine groups is 1. The molecule has 3 heterocycles. The van der Waals surface area contributed by atoms with Crippen LogP contribution in [-0.4, -0.2) is 102 Å². The number of carbonyl (C=O) groups is 6. The van der Waals surface area contributed by atoms with E-state index >= 15 is 0 Å². The lowest BCUT2D eigenvalue weighted by atomic mass is 9.84. The van der Waals surface area contributed by atoms with Crippen molar-refractivity contribution in [1.29, 1.82) is 0 Å². The molecule has 3 fully saturated rings. The molecule has 1 saturated carbocycles. The molecule has 3 aliphatic heterocycles. The van der Waals surface area contributed by atoms with Crippen LogP contribution in [0.5, 0.6) is 0 Å². The maximum Gasteiger partial charge on any atom is 0.245 e. The van der Waals surface area contributed by atoms with Crippen LogP contribution in [0.4, 0.5) is 5.69 Å². The first-order valence-electron chi connectivity index (χ1n) is 22.1. The van der Waals surface area contributed by atoms with Crippen molar-refractivity contribution in [3.05, 3.63) is 65.7 Å². The number of benzene rings is 2. The van der Waals surface area contributed by atoms with Gasteiger partial charge in [0.15, 0.2) is 5.96 Å². The molecule has 6 amide bonds. The van der Waals surface area contributed by atoms with E-state index in [1.54, 1.807) is 6.21 Å². The number of nitrogens with one attached hydrogen (secondary N) is 5. The summed E-state index contributed by atoms with van der Waals surface area (Å²) in [6.07, 6.45) is 9.98. The number of fused-ring (bicyclic) bond motifs is 2. The van der Waals surface area contributed by atoms with Crippen molar-refractivity contribution in [3.63, 3.8) is 0 Å². The van der Waals surface area contributed by atoms with Crippen LogP contribution < -0.4 is 38.1 Å². The van der Waals surface area contributed by atoms with Gasteiger partial charge in [-0.15, -0.1) is 0 Å². The molecule has 0 unspecified atom stereocenters. The second-order valence-corrected chi connectivity index (χ2v) is 16.8. The summed E-state index contributed by atoms with van der Waals surface area (Å²) < 4.78 is 0. The molecule has 6 rings (SSSR count). The molecule has 0 spiro atoms. The second-order valence-electron chi connectivity index (χ2n) is 16.8. The van der Waals surface area contributed by atoms with Gasteiger partial charge in [0.1, 0.15) is 30.2 Å². The van der Waals surface area contributed by atoms with Crippen LogP contribution in [0, 0.1) is 5.92 Å². The standard InChI is InChI=1S/C45H62N10O6/c46-45(47)49-24-9-18-34-40(57)48-23-10-19-35(51-39(56)22-21-29-12-3-1-4-13-29)44(61)55-25-11-20-38(55)43(60)54-36(26-30-14-5-2-6-15-30)41(58)53-37(42(59)52-34)27-31-28-50-33-17-8-7-16-32(31)33/h1,3-4,7-8,12-13,16-17,28,30-31,34-38H,2,5-6,9-11,14-15,18-27H2,(H,48,57)(H,51,56)(H,52,59)(H,53,58)(H,54,60)(H4,46,47,49)/t31-,34+,35-,36+,37+,38+/m1/s1. The largest absolute Gasteiger partial charge is 0.370 e. The van der Waals surface area contributed by atoms with Gasteiger partial charge in [-0.25, -0.2) is 0 Å². The van der Waals surface area contributed by atoms with Gasteiger partial charge in [0.05, 0.1) is 5.69 Å². The van der Waals surface area contributed by atoms with Crippen molar-refractivity contribution >= 4 is 53.3 Å². The molecular weight excluding hydrogens is 777 g/mol. The number of rotatable bonds is 12. The molecule has 6 atom stereocenters. The molecule has 16 nitrogen and oxygen atoms in total. The second kappa shape index (κ2) is 22.2. The van der Waals surface area contributed by atoms with Crippen molar-refractivity contribution in [2.24, 2.45) is 27.4 Å². The van der Waals surface area contributed by atoms with Gasteiger partial charge in [0.25, 0.3) is 0 Å². The topological polar surface area (TPSA) is 243 Å². The summed E-state index contributed by atoms with van der Waals surface area (Å²) in [7, 11) is 0. The maximum atomic E-state index is 14.5. The third-order valence-electron chi connectivity index (χ3n) is 12.3. The molecule has 0 radical (unpaired) electrons. The van der Waals surface area contributed by atoms with Crippen LogP contribution >= 0.6 is 0 Å². The number of nitrogens with two attached hydrogens (primary N) is 2. The number of para-hydroxylation sites is 1. The van der Waals surface area contributed by atoms with Gasteiger partial charge in [-0.3, -0.25) is 38.8 Å². The lowest BCUT2D eigenvalue weighted by Gasteiger charge is -2.32. The van der Waals surface area contributed by atoms with Gasteiger partial charge >= 0.3 is 0 Å². The Balaban J connectivity index is 1.28. The summed E-state index contributed by atoms with van der Waals surface area (Å²) in [6, 6.07) is 12.3. The molecular formula is C45H62N10O6. The van der Waals surface area contributed by atoms with Crippen LogP contribution in [0.15, 0.2) is 64.6 Å². The zero-order chi connectivity index (χ0) is 43.1. The fraction of sp³-hybridized carbons (Fsp3) is 0.556. The van der Waals surface area contributed by atoms with Gasteiger partial charge in [0, 0.05) is 38.2 Å². The Morgan fingerprint density at radius 2 is 1.48 bits per heavy atom. The first kappa shape index (κ1) is 44.7. The van der Waals surface area contributed by atoms with Crippen molar-refractivity contribution in [2.45, 2.75) is 132 Å². The molecule has 2 aromatic rings. The van der Waals surface area contributed by atoms with E-state index in [9.17, 15) is 28.8 Å². The third-order valence-corrected chi connectivity index (χ3v) is 12.3. The molecule has 9 N–H and O–H groups in total. The van der Waals surface area contributed by atoms with Gasteiger partial charge in [-0.2, -0.15) is 0 Å². The SMILES string of the molecule is NC(N)=NCCC[C@@H]1NC(=O)[C@H](C[C@@H]2C=Nc3ccccc32)NC(=O)[C@H](CC2CCCCC2)NC(=O)[C@@H]2CCCN2C(=O)[C@H](NC(=O)CCc2ccccc2)CCCNC1=O. The minimum absolute atomic E-state index is 0.0918. The normalized spacial score (nSPS) is 25.5. The fourth-order valence-corrected chi connectivity index (χ4v) is 8.99. The van der Waals surface area contributed by atoms with Gasteiger partial charge in [-0.1, -0.05) is 80.6 Å². The number of aryl methyl sites for hydroxylation is 1. The highest BCUT2D eigenvalue weighted by atomic mass is 16.2. The fourth-order valence-electron chi connectivity index (χ4n) is 8.99. The van der Waals surface area contributed by atoms with Crippen LogP contribution in [0.3, 0.4) is 0 Å². The monoisotopic (exact) mass is 838 g/mol. The van der Waals surface area contributed by atoms with E-state index in [1.165, 1.54) is 4.90 Å². The minimum Gasteiger partial charge on any atom is -0.370 e. The molecule has 2 aromatic carbocycles. The summed E-state index contributed by atoms with van der Waals surface area (Å²) in [6.45, 7) is 0.689. The van der Waals surface area contributed by atoms with Crippen molar-refractivity contribution in [1.82, 2.24) is 31.5 Å². The van der Waals surface area contributed by atoms with Crippen molar-refractivity contribution in [3.8, 4) is 0 Å². The first-order chi connectivity index (χ1) is 29.5. The number of carbonyl (C=O) groups excluding carboxylic acids is 6. The Bertz CT molecular complexity index is 1910. The number of aliphatic imine (C=N–C) groups is 2. The molecule has 328 valence electrons. The predicted molar refractivity (Wildman–Crippen MR) is 233 cm³/mol. The summed E-state index contributed by atoms with van der Waals surface area (Å²) in [5.41, 5.74) is 13.8. The van der Waals surface area contributed by atoms with E-state index in [0.717, 1.165) is 48.9 Å². The highest BCUT2D eigenvalue weighted by Gasteiger charge is 2.40. The van der Waals surface area contributed by atoms with Gasteiger partial charge in [-0.05, 0) is 80.9 Å². The van der Waals surface area contributed by atoms with Crippen molar-refractivity contribution in [2.75, 3.05) is 19.6 Å². The molecule has 4 aliphatic rings. The average Bonchev–Trinajstić information content (AvgIpc) is 3.92. The summed E-state index contributed by atoms with van der Waals surface area (Å²) in [5.74, 6) is -2.85. The number of nitrogens with zero attached hydrogens (tertiary/aromatic N) is 3. The number of hydrogen-bond acceptors (Lipinski definition) is 8. The van der Waals surface area contributed by atoms with Crippen LogP contribution in [-0.2, 0) is 35.2 Å². The van der Waals surface area contributed by atoms with Crippen LogP contribution in [0.25, 0.3) is 0 Å². The predicted octanol–water partition coefficient (Wildman–Crippen LogP) is 2.37. The summed E-state index contributed by atoms with van der Waals surface area (Å²) in [4.78, 5) is 94.9.